The Morgan fingerprint density at radius 1 is 1.33 bits per heavy atom. The number of carboxylic acid groups (broad SMARTS) is 1. The van der Waals surface area contributed by atoms with Crippen LogP contribution in [0.2, 0.25) is 0 Å². The van der Waals surface area contributed by atoms with Gasteiger partial charge in [0.2, 0.25) is 0 Å². The first-order valence-electron chi connectivity index (χ1n) is 10.7. The maximum Gasteiger partial charge on any atom is 0.341 e. The topological polar surface area (TPSA) is 116 Å². The largest absolute Gasteiger partial charge is 0.493 e. The molecule has 1 atom stereocenters. The number of nitrogens with zero attached hydrogens (tertiary/aromatic N) is 2. The van der Waals surface area contributed by atoms with E-state index in [4.69, 9.17) is 19.3 Å². The van der Waals surface area contributed by atoms with Crippen LogP contribution >= 0.6 is 45.3 Å². The SMILES string of the molecule is CCOC(=O)C1=C(C)N=c2s/c(=C\c3cc(I)c(OCC(=O)O)c(OC)c3)c(=O)n2[C@@H]1c1cccs1. The summed E-state index contributed by atoms with van der Waals surface area (Å²) in [5.41, 5.74) is 1.23. The molecule has 4 rings (SSSR count). The summed E-state index contributed by atoms with van der Waals surface area (Å²) in [6.07, 6.45) is 1.71. The van der Waals surface area contributed by atoms with Crippen molar-refractivity contribution in [3.63, 3.8) is 0 Å². The molecule has 9 nitrogen and oxygen atoms in total. The lowest BCUT2D eigenvalue weighted by molar-refractivity contribution is -0.140. The van der Waals surface area contributed by atoms with E-state index in [9.17, 15) is 14.4 Å². The van der Waals surface area contributed by atoms with Crippen molar-refractivity contribution < 1.29 is 28.9 Å². The van der Waals surface area contributed by atoms with Crippen LogP contribution in [0.5, 0.6) is 11.5 Å². The number of aliphatic carboxylic acids is 1. The monoisotopic (exact) mass is 640 g/mol. The quantitative estimate of drug-likeness (QED) is 0.298. The predicted molar refractivity (Wildman–Crippen MR) is 144 cm³/mol. The van der Waals surface area contributed by atoms with Crippen molar-refractivity contribution in [3.05, 3.63) is 74.6 Å². The highest BCUT2D eigenvalue weighted by Crippen LogP contribution is 2.35. The number of carbonyl (C=O) groups excluding carboxylic acids is 1. The molecule has 0 amide bonds. The summed E-state index contributed by atoms with van der Waals surface area (Å²) in [4.78, 5) is 43.3. The summed E-state index contributed by atoms with van der Waals surface area (Å²) >= 11 is 4.70. The number of carbonyl (C=O) groups is 2. The Balaban J connectivity index is 1.85. The molecule has 1 aromatic carbocycles. The summed E-state index contributed by atoms with van der Waals surface area (Å²) in [6.45, 7) is 3.18. The van der Waals surface area contributed by atoms with Crippen LogP contribution in [0.3, 0.4) is 0 Å². The van der Waals surface area contributed by atoms with Gasteiger partial charge in [0.1, 0.15) is 6.04 Å². The van der Waals surface area contributed by atoms with E-state index in [0.29, 0.717) is 41.2 Å². The van der Waals surface area contributed by atoms with Crippen molar-refractivity contribution in [2.24, 2.45) is 4.99 Å². The fourth-order valence-corrected chi connectivity index (χ4v) is 6.41. The molecule has 1 aliphatic rings. The first kappa shape index (κ1) is 26.1. The van der Waals surface area contributed by atoms with E-state index in [1.165, 1.54) is 34.4 Å². The second-order valence-electron chi connectivity index (χ2n) is 7.53. The number of allylic oxidation sites excluding steroid dienone is 1. The molecule has 0 radical (unpaired) electrons. The van der Waals surface area contributed by atoms with Gasteiger partial charge in [0.05, 0.1) is 33.1 Å². The molecule has 0 saturated heterocycles. The second kappa shape index (κ2) is 11.0. The summed E-state index contributed by atoms with van der Waals surface area (Å²) in [5.74, 6) is -0.941. The number of ether oxygens (including phenoxy) is 3. The molecule has 12 heteroatoms. The van der Waals surface area contributed by atoms with Crippen molar-refractivity contribution in [1.29, 1.82) is 0 Å². The van der Waals surface area contributed by atoms with Crippen LogP contribution in [-0.2, 0) is 14.3 Å². The Kier molecular flexibility index (Phi) is 7.95. The predicted octanol–water partition coefficient (Wildman–Crippen LogP) is 2.94. The van der Waals surface area contributed by atoms with Crippen LogP contribution in [0.4, 0.5) is 0 Å². The number of esters is 1. The summed E-state index contributed by atoms with van der Waals surface area (Å²) in [7, 11) is 1.46. The van der Waals surface area contributed by atoms with Crippen molar-refractivity contribution in [3.8, 4) is 11.5 Å². The highest BCUT2D eigenvalue weighted by molar-refractivity contribution is 14.1. The van der Waals surface area contributed by atoms with Crippen molar-refractivity contribution in [1.82, 2.24) is 4.57 Å². The zero-order valence-corrected chi connectivity index (χ0v) is 23.2. The maximum atomic E-state index is 13.6. The maximum absolute atomic E-state index is 13.6. The van der Waals surface area contributed by atoms with Crippen LogP contribution in [-0.4, -0.2) is 41.9 Å². The molecule has 3 aromatic rings. The molecule has 0 unspecified atom stereocenters. The molecular weight excluding hydrogens is 619 g/mol. The van der Waals surface area contributed by atoms with Gasteiger partial charge in [-0.25, -0.2) is 14.6 Å². The average molecular weight is 640 g/mol. The van der Waals surface area contributed by atoms with Gasteiger partial charge in [-0.1, -0.05) is 17.4 Å². The minimum absolute atomic E-state index is 0.212. The molecular formula is C24H21IN2O7S2. The Morgan fingerprint density at radius 3 is 2.75 bits per heavy atom. The molecule has 1 aliphatic heterocycles. The third kappa shape index (κ3) is 5.11. The van der Waals surface area contributed by atoms with Crippen molar-refractivity contribution in [2.75, 3.05) is 20.3 Å². The highest BCUT2D eigenvalue weighted by Gasteiger charge is 2.33. The summed E-state index contributed by atoms with van der Waals surface area (Å²) in [5, 5.41) is 10.8. The van der Waals surface area contributed by atoms with E-state index in [0.717, 1.165) is 4.88 Å². The number of thiazole rings is 1. The second-order valence-corrected chi connectivity index (χ2v) is 10.7. The number of carboxylic acids is 1. The standard InChI is InChI=1S/C24H21IN2O7S2/c1-4-33-23(31)19-12(2)26-24-27(20(19)16-6-5-7-35-16)22(30)17(36-24)10-13-8-14(25)21(15(9-13)32-3)34-11-18(28)29/h5-10,20H,4,11H2,1-3H3,(H,28,29)/b17-10-/t20-/m1/s1. The van der Waals surface area contributed by atoms with E-state index in [-0.39, 0.29) is 12.2 Å². The fraction of sp³-hybridized carbons (Fsp3) is 0.250. The van der Waals surface area contributed by atoms with Crippen LogP contribution in [0, 0.1) is 3.57 Å². The molecule has 3 heterocycles. The van der Waals surface area contributed by atoms with E-state index < -0.39 is 24.6 Å². The number of halogens is 1. The van der Waals surface area contributed by atoms with Gasteiger partial charge in [0.25, 0.3) is 5.56 Å². The first-order chi connectivity index (χ1) is 17.2. The van der Waals surface area contributed by atoms with E-state index in [1.54, 1.807) is 32.1 Å². The lowest BCUT2D eigenvalue weighted by atomic mass is 10.0. The van der Waals surface area contributed by atoms with Gasteiger partial charge in [-0.2, -0.15) is 0 Å². The normalized spacial score (nSPS) is 15.3. The number of fused-ring (bicyclic) bond motifs is 1. The number of hydrogen-bond donors (Lipinski definition) is 1. The van der Waals surface area contributed by atoms with Gasteiger partial charge >= 0.3 is 11.9 Å². The van der Waals surface area contributed by atoms with Crippen LogP contribution in [0.15, 0.2) is 50.7 Å². The number of hydrogen-bond acceptors (Lipinski definition) is 9. The van der Waals surface area contributed by atoms with Gasteiger partial charge < -0.3 is 19.3 Å². The molecule has 0 fully saturated rings. The lowest BCUT2D eigenvalue weighted by Gasteiger charge is -2.23. The molecule has 0 saturated carbocycles. The first-order valence-corrected chi connectivity index (χ1v) is 13.5. The van der Waals surface area contributed by atoms with Gasteiger partial charge in [-0.3, -0.25) is 9.36 Å². The van der Waals surface area contributed by atoms with Gasteiger partial charge in [-0.15, -0.1) is 11.3 Å². The molecule has 36 heavy (non-hydrogen) atoms. The van der Waals surface area contributed by atoms with Crippen LogP contribution in [0.1, 0.15) is 30.3 Å². The zero-order chi connectivity index (χ0) is 26.0. The third-order valence-electron chi connectivity index (χ3n) is 5.22. The smallest absolute Gasteiger partial charge is 0.341 e. The molecule has 188 valence electrons. The lowest BCUT2D eigenvalue weighted by Crippen LogP contribution is -2.39. The minimum atomic E-state index is -1.10. The van der Waals surface area contributed by atoms with Crippen molar-refractivity contribution >= 4 is 63.3 Å². The van der Waals surface area contributed by atoms with Crippen LogP contribution < -0.4 is 24.4 Å². The average Bonchev–Trinajstić information content (AvgIpc) is 3.46. The van der Waals surface area contributed by atoms with Crippen molar-refractivity contribution in [2.45, 2.75) is 19.9 Å². The molecule has 2 aromatic heterocycles. The van der Waals surface area contributed by atoms with Gasteiger partial charge in [-0.05, 0) is 71.7 Å². The Bertz CT molecular complexity index is 1540. The molecule has 0 aliphatic carbocycles. The van der Waals surface area contributed by atoms with E-state index in [2.05, 4.69) is 4.99 Å². The Morgan fingerprint density at radius 2 is 2.11 bits per heavy atom. The number of benzene rings is 1. The zero-order valence-electron chi connectivity index (χ0n) is 19.4. The summed E-state index contributed by atoms with van der Waals surface area (Å²) in [6, 6.07) is 6.56. The van der Waals surface area contributed by atoms with Gasteiger partial charge in [0, 0.05) is 4.88 Å². The van der Waals surface area contributed by atoms with Gasteiger partial charge in [0.15, 0.2) is 22.9 Å². The molecule has 0 spiro atoms. The van der Waals surface area contributed by atoms with E-state index >= 15 is 0 Å². The Labute approximate surface area is 227 Å². The number of thiophene rings is 1. The fourth-order valence-electron chi connectivity index (χ4n) is 3.76. The Hall–Kier alpha value is -2.97. The highest BCUT2D eigenvalue weighted by atomic mass is 127. The number of aromatic nitrogens is 1. The van der Waals surface area contributed by atoms with Crippen LogP contribution in [0.25, 0.3) is 6.08 Å². The minimum Gasteiger partial charge on any atom is -0.493 e. The number of methoxy groups -OCH3 is 1. The molecule has 1 N–H and O–H groups in total. The summed E-state index contributed by atoms with van der Waals surface area (Å²) < 4.78 is 18.6. The third-order valence-corrected chi connectivity index (χ3v) is 7.93. The molecule has 0 bridgehead atoms. The number of rotatable bonds is 8. The van der Waals surface area contributed by atoms with E-state index in [1.807, 2.05) is 40.1 Å².